The standard InChI is InChI=1S/C4H10O.3ClH.Ti/c1-4(2,3)5;;;;/h5H,1-3H3;3*1H;. The van der Waals surface area contributed by atoms with Crippen LogP contribution >= 0.6 is 37.2 Å². The number of aliphatic hydroxyl groups is 1. The SMILES string of the molecule is CC(C)(C)O.Cl.Cl.Cl.[Ti]. The first-order chi connectivity index (χ1) is 2.00. The second kappa shape index (κ2) is 12.2. The molecule has 0 fully saturated rings. The van der Waals surface area contributed by atoms with Crippen molar-refractivity contribution in [2.75, 3.05) is 0 Å². The van der Waals surface area contributed by atoms with E-state index in [1.165, 1.54) is 0 Å². The third kappa shape index (κ3) is 228. The smallest absolute Gasteiger partial charge is 0.0563 e. The normalized spacial score (nSPS) is 6.67. The molecule has 0 saturated heterocycles. The Labute approximate surface area is 90.1 Å². The minimum Gasteiger partial charge on any atom is -0.391 e. The first kappa shape index (κ1) is 31.2. The van der Waals surface area contributed by atoms with Crippen LogP contribution in [-0.2, 0) is 21.7 Å². The van der Waals surface area contributed by atoms with Crippen molar-refractivity contribution in [3.63, 3.8) is 0 Å². The van der Waals surface area contributed by atoms with Crippen LogP contribution in [0, 0.1) is 0 Å². The third-order valence-corrected chi connectivity index (χ3v) is 0. The summed E-state index contributed by atoms with van der Waals surface area (Å²) in [5.41, 5.74) is -0.500. The summed E-state index contributed by atoms with van der Waals surface area (Å²) in [7, 11) is 0. The molecule has 0 aromatic rings. The van der Waals surface area contributed by atoms with E-state index in [4.69, 9.17) is 5.11 Å². The van der Waals surface area contributed by atoms with Crippen LogP contribution in [0.1, 0.15) is 20.8 Å². The van der Waals surface area contributed by atoms with E-state index < -0.39 is 5.60 Å². The van der Waals surface area contributed by atoms with Gasteiger partial charge in [-0.05, 0) is 20.8 Å². The van der Waals surface area contributed by atoms with Crippen molar-refractivity contribution in [2.24, 2.45) is 0 Å². The van der Waals surface area contributed by atoms with Crippen molar-refractivity contribution in [3.05, 3.63) is 0 Å². The molecule has 0 aliphatic heterocycles. The monoisotopic (exact) mass is 230 g/mol. The fourth-order valence-electron chi connectivity index (χ4n) is 0. The molecule has 1 N–H and O–H groups in total. The van der Waals surface area contributed by atoms with Gasteiger partial charge in [0.1, 0.15) is 0 Å². The molecule has 1 nitrogen and oxygen atoms in total. The van der Waals surface area contributed by atoms with Crippen LogP contribution in [0.4, 0.5) is 0 Å². The van der Waals surface area contributed by atoms with Gasteiger partial charge >= 0.3 is 0 Å². The van der Waals surface area contributed by atoms with Crippen molar-refractivity contribution in [1.82, 2.24) is 0 Å². The van der Waals surface area contributed by atoms with E-state index in [-0.39, 0.29) is 58.9 Å². The van der Waals surface area contributed by atoms with Crippen molar-refractivity contribution in [2.45, 2.75) is 26.4 Å². The zero-order valence-corrected chi connectivity index (χ0v) is 9.68. The first-order valence-electron chi connectivity index (χ1n) is 1.72. The minimum absolute atomic E-state index is 0. The van der Waals surface area contributed by atoms with Crippen LogP contribution in [0.5, 0.6) is 0 Å². The topological polar surface area (TPSA) is 20.2 Å². The van der Waals surface area contributed by atoms with E-state index in [9.17, 15) is 0 Å². The molecule has 0 unspecified atom stereocenters. The van der Waals surface area contributed by atoms with Crippen LogP contribution in [0.25, 0.3) is 0 Å². The Hall–Kier alpha value is 1.54. The fourth-order valence-corrected chi connectivity index (χ4v) is 0. The summed E-state index contributed by atoms with van der Waals surface area (Å²) in [6, 6.07) is 0. The molecule has 0 aromatic heterocycles. The summed E-state index contributed by atoms with van der Waals surface area (Å²) in [5.74, 6) is 0. The maximum atomic E-state index is 8.52. The molecule has 0 bridgehead atoms. The summed E-state index contributed by atoms with van der Waals surface area (Å²) in [5, 5.41) is 8.52. The van der Waals surface area contributed by atoms with Crippen molar-refractivity contribution in [1.29, 1.82) is 0 Å². The van der Waals surface area contributed by atoms with Crippen molar-refractivity contribution < 1.29 is 26.8 Å². The average molecular weight is 231 g/mol. The van der Waals surface area contributed by atoms with Crippen LogP contribution in [0.2, 0.25) is 0 Å². The predicted molar refractivity (Wildman–Crippen MR) is 43.7 cm³/mol. The van der Waals surface area contributed by atoms with E-state index >= 15 is 0 Å². The van der Waals surface area contributed by atoms with Gasteiger partial charge in [0.25, 0.3) is 0 Å². The molecule has 9 heavy (non-hydrogen) atoms. The molecule has 0 rings (SSSR count). The molecular formula is C4H13Cl3OTi. The predicted octanol–water partition coefficient (Wildman–Crippen LogP) is 2.04. The molecule has 0 amide bonds. The van der Waals surface area contributed by atoms with Crippen LogP contribution in [0.3, 0.4) is 0 Å². The van der Waals surface area contributed by atoms with Gasteiger partial charge in [-0.15, -0.1) is 37.2 Å². The van der Waals surface area contributed by atoms with E-state index in [0.717, 1.165) is 0 Å². The van der Waals surface area contributed by atoms with Gasteiger partial charge in [0.2, 0.25) is 0 Å². The molecule has 0 heterocycles. The zero-order valence-electron chi connectivity index (χ0n) is 5.67. The van der Waals surface area contributed by atoms with Gasteiger partial charge in [0.15, 0.2) is 0 Å². The molecule has 60 valence electrons. The Bertz CT molecular complexity index is 31.3. The molecule has 0 spiro atoms. The van der Waals surface area contributed by atoms with Gasteiger partial charge in [-0.2, -0.15) is 0 Å². The number of hydrogen-bond acceptors (Lipinski definition) is 1. The molecular weight excluding hydrogens is 218 g/mol. The molecule has 0 aromatic carbocycles. The zero-order chi connectivity index (χ0) is 4.50. The molecule has 0 aliphatic carbocycles. The average Bonchev–Trinajstić information content (AvgIpc) is 0.722. The Morgan fingerprint density at radius 1 is 0.889 bits per heavy atom. The summed E-state index contributed by atoms with van der Waals surface area (Å²) < 4.78 is 0. The van der Waals surface area contributed by atoms with E-state index in [2.05, 4.69) is 0 Å². The summed E-state index contributed by atoms with van der Waals surface area (Å²) in [6.07, 6.45) is 0. The number of halogens is 3. The quantitative estimate of drug-likeness (QED) is 0.633. The van der Waals surface area contributed by atoms with E-state index in [1.807, 2.05) is 0 Å². The van der Waals surface area contributed by atoms with Crippen LogP contribution < -0.4 is 0 Å². The summed E-state index contributed by atoms with van der Waals surface area (Å²) in [4.78, 5) is 0. The minimum atomic E-state index is -0.500. The van der Waals surface area contributed by atoms with Crippen LogP contribution in [-0.4, -0.2) is 10.7 Å². The molecule has 0 saturated carbocycles. The molecule has 0 radical (unpaired) electrons. The largest absolute Gasteiger partial charge is 0.391 e. The Kier molecular flexibility index (Phi) is 42.5. The first-order valence-corrected chi connectivity index (χ1v) is 1.72. The Balaban J connectivity index is -0.0000000133. The second-order valence-corrected chi connectivity index (χ2v) is 2.17. The summed E-state index contributed by atoms with van der Waals surface area (Å²) >= 11 is 0. The second-order valence-electron chi connectivity index (χ2n) is 2.17. The maximum Gasteiger partial charge on any atom is 0.0563 e. The Morgan fingerprint density at radius 3 is 0.889 bits per heavy atom. The number of hydrogen-bond donors (Lipinski definition) is 1. The van der Waals surface area contributed by atoms with Gasteiger partial charge in [0, 0.05) is 21.7 Å². The number of rotatable bonds is 0. The van der Waals surface area contributed by atoms with E-state index in [1.54, 1.807) is 20.8 Å². The molecule has 0 atom stereocenters. The van der Waals surface area contributed by atoms with Gasteiger partial charge in [-0.25, -0.2) is 0 Å². The van der Waals surface area contributed by atoms with Crippen molar-refractivity contribution in [3.8, 4) is 0 Å². The Morgan fingerprint density at radius 2 is 0.889 bits per heavy atom. The van der Waals surface area contributed by atoms with E-state index in [0.29, 0.717) is 0 Å². The summed E-state index contributed by atoms with van der Waals surface area (Å²) in [6.45, 7) is 5.23. The molecule has 5 heteroatoms. The van der Waals surface area contributed by atoms with Gasteiger partial charge in [-0.3, -0.25) is 0 Å². The fraction of sp³-hybridized carbons (Fsp3) is 1.00. The van der Waals surface area contributed by atoms with Crippen LogP contribution in [0.15, 0.2) is 0 Å². The van der Waals surface area contributed by atoms with Gasteiger partial charge < -0.3 is 5.11 Å². The van der Waals surface area contributed by atoms with Gasteiger partial charge in [-0.1, -0.05) is 0 Å². The maximum absolute atomic E-state index is 8.52. The molecule has 0 aliphatic rings. The third-order valence-electron chi connectivity index (χ3n) is 0. The van der Waals surface area contributed by atoms with Crippen molar-refractivity contribution >= 4 is 37.2 Å². The van der Waals surface area contributed by atoms with Gasteiger partial charge in [0.05, 0.1) is 5.60 Å².